The maximum absolute atomic E-state index is 5.67. The zero-order valence-electron chi connectivity index (χ0n) is 13.2. The predicted octanol–water partition coefficient (Wildman–Crippen LogP) is 3.97. The topological polar surface area (TPSA) is 39.7 Å². The van der Waals surface area contributed by atoms with Crippen molar-refractivity contribution in [3.63, 3.8) is 0 Å². The van der Waals surface area contributed by atoms with Crippen LogP contribution < -0.4 is 19.5 Å². The lowest BCUT2D eigenvalue weighted by Crippen LogP contribution is -2.06. The van der Waals surface area contributed by atoms with Gasteiger partial charge in [-0.15, -0.1) is 0 Å². The molecule has 4 nitrogen and oxygen atoms in total. The third kappa shape index (κ3) is 4.88. The minimum absolute atomic E-state index is 0.723. The highest BCUT2D eigenvalue weighted by Gasteiger charge is 2.04. The van der Waals surface area contributed by atoms with Gasteiger partial charge < -0.3 is 19.5 Å². The lowest BCUT2D eigenvalue weighted by molar-refractivity contribution is 0.308. The van der Waals surface area contributed by atoms with Gasteiger partial charge >= 0.3 is 0 Å². The van der Waals surface area contributed by atoms with Gasteiger partial charge in [0.05, 0.1) is 26.5 Å². The summed E-state index contributed by atoms with van der Waals surface area (Å²) in [5.41, 5.74) is 0.950. The Hall–Kier alpha value is -2.36. The molecule has 0 fully saturated rings. The third-order valence-corrected chi connectivity index (χ3v) is 3.31. The first kappa shape index (κ1) is 16.0. The maximum Gasteiger partial charge on any atom is 0.142 e. The van der Waals surface area contributed by atoms with Crippen molar-refractivity contribution in [1.29, 1.82) is 0 Å². The first-order valence-corrected chi connectivity index (χ1v) is 7.47. The van der Waals surface area contributed by atoms with Gasteiger partial charge in [0.2, 0.25) is 0 Å². The molecule has 2 aromatic carbocycles. The second kappa shape index (κ2) is 8.82. The van der Waals surface area contributed by atoms with Crippen LogP contribution in [-0.4, -0.2) is 27.4 Å². The number of nitrogens with one attached hydrogen (secondary N) is 1. The van der Waals surface area contributed by atoms with E-state index in [9.17, 15) is 0 Å². The van der Waals surface area contributed by atoms with Crippen molar-refractivity contribution < 1.29 is 14.2 Å². The number of para-hydroxylation sites is 1. The molecule has 0 aromatic heterocycles. The van der Waals surface area contributed by atoms with Crippen molar-refractivity contribution in [3.8, 4) is 17.2 Å². The number of unbranched alkanes of at least 4 members (excludes halogenated alkanes) is 1. The zero-order valence-corrected chi connectivity index (χ0v) is 13.2. The molecular formula is C18H23NO3. The highest BCUT2D eigenvalue weighted by atomic mass is 16.5. The number of anilines is 1. The van der Waals surface area contributed by atoms with E-state index in [4.69, 9.17) is 14.2 Å². The Morgan fingerprint density at radius 3 is 2.41 bits per heavy atom. The number of hydrogen-bond acceptors (Lipinski definition) is 4. The molecule has 0 spiro atoms. The summed E-state index contributed by atoms with van der Waals surface area (Å²) in [5, 5.41) is 3.38. The number of methoxy groups -OCH3 is 2. The summed E-state index contributed by atoms with van der Waals surface area (Å²) in [7, 11) is 3.33. The molecule has 4 heteroatoms. The molecule has 0 atom stereocenters. The Bertz CT molecular complexity index is 558. The van der Waals surface area contributed by atoms with E-state index in [-0.39, 0.29) is 0 Å². The molecule has 0 amide bonds. The van der Waals surface area contributed by atoms with E-state index in [1.807, 2.05) is 48.5 Å². The summed E-state index contributed by atoms with van der Waals surface area (Å²) in [5.74, 6) is 2.56. The molecule has 0 radical (unpaired) electrons. The molecule has 0 heterocycles. The van der Waals surface area contributed by atoms with Crippen LogP contribution in [0.2, 0.25) is 0 Å². The fraction of sp³-hybridized carbons (Fsp3) is 0.333. The van der Waals surface area contributed by atoms with Gasteiger partial charge in [-0.1, -0.05) is 18.2 Å². The lowest BCUT2D eigenvalue weighted by Gasteiger charge is -2.12. The van der Waals surface area contributed by atoms with Crippen LogP contribution in [-0.2, 0) is 0 Å². The molecule has 0 aliphatic rings. The molecule has 118 valence electrons. The summed E-state index contributed by atoms with van der Waals surface area (Å²) < 4.78 is 16.2. The van der Waals surface area contributed by atoms with Crippen LogP contribution in [0.15, 0.2) is 48.5 Å². The van der Waals surface area contributed by atoms with Crippen LogP contribution in [0.5, 0.6) is 17.2 Å². The van der Waals surface area contributed by atoms with E-state index in [0.29, 0.717) is 0 Å². The van der Waals surface area contributed by atoms with Crippen LogP contribution in [0, 0.1) is 0 Å². The normalized spacial score (nSPS) is 10.1. The predicted molar refractivity (Wildman–Crippen MR) is 89.2 cm³/mol. The van der Waals surface area contributed by atoms with Gasteiger partial charge in [0.15, 0.2) is 0 Å². The molecule has 0 saturated heterocycles. The van der Waals surface area contributed by atoms with E-state index < -0.39 is 0 Å². The molecule has 2 aromatic rings. The molecule has 0 aliphatic heterocycles. The van der Waals surface area contributed by atoms with Crippen molar-refractivity contribution >= 4 is 5.69 Å². The second-order valence-electron chi connectivity index (χ2n) is 4.86. The lowest BCUT2D eigenvalue weighted by atomic mass is 10.2. The molecular weight excluding hydrogens is 278 g/mol. The van der Waals surface area contributed by atoms with E-state index in [0.717, 1.165) is 48.9 Å². The highest BCUT2D eigenvalue weighted by Crippen LogP contribution is 2.28. The average molecular weight is 301 g/mol. The molecule has 22 heavy (non-hydrogen) atoms. The third-order valence-electron chi connectivity index (χ3n) is 3.31. The Kier molecular flexibility index (Phi) is 6.42. The minimum Gasteiger partial charge on any atom is -0.497 e. The van der Waals surface area contributed by atoms with Crippen molar-refractivity contribution in [1.82, 2.24) is 0 Å². The fourth-order valence-electron chi connectivity index (χ4n) is 2.11. The summed E-state index contributed by atoms with van der Waals surface area (Å²) in [6.45, 7) is 1.59. The monoisotopic (exact) mass is 301 g/mol. The maximum atomic E-state index is 5.67. The quantitative estimate of drug-likeness (QED) is 0.711. The number of rotatable bonds is 9. The van der Waals surface area contributed by atoms with Gasteiger partial charge in [0, 0.05) is 12.6 Å². The van der Waals surface area contributed by atoms with E-state index >= 15 is 0 Å². The van der Waals surface area contributed by atoms with Crippen LogP contribution >= 0.6 is 0 Å². The van der Waals surface area contributed by atoms with Crippen LogP contribution in [0.25, 0.3) is 0 Å². The van der Waals surface area contributed by atoms with Gasteiger partial charge in [0.25, 0.3) is 0 Å². The summed E-state index contributed by atoms with van der Waals surface area (Å²) in [4.78, 5) is 0. The standard InChI is InChI=1S/C18H23NO3/c1-20-16-10-11-18(21-2)17(14-16)19-12-6-7-13-22-15-8-4-3-5-9-15/h3-5,8-11,14,19H,6-7,12-13H2,1-2H3. The average Bonchev–Trinajstić information content (AvgIpc) is 2.58. The molecule has 0 bridgehead atoms. The smallest absolute Gasteiger partial charge is 0.142 e. The SMILES string of the molecule is COc1ccc(OC)c(NCCCCOc2ccccc2)c1. The first-order chi connectivity index (χ1) is 10.8. The summed E-state index contributed by atoms with van der Waals surface area (Å²) >= 11 is 0. The summed E-state index contributed by atoms with van der Waals surface area (Å²) in [6.07, 6.45) is 2.02. The number of ether oxygens (including phenoxy) is 3. The highest BCUT2D eigenvalue weighted by molar-refractivity contribution is 5.59. The largest absolute Gasteiger partial charge is 0.497 e. The molecule has 2 rings (SSSR count). The second-order valence-corrected chi connectivity index (χ2v) is 4.86. The molecule has 0 aliphatic carbocycles. The number of benzene rings is 2. The Morgan fingerprint density at radius 1 is 0.864 bits per heavy atom. The van der Waals surface area contributed by atoms with E-state index in [1.54, 1.807) is 14.2 Å². The van der Waals surface area contributed by atoms with Crippen molar-refractivity contribution in [2.45, 2.75) is 12.8 Å². The zero-order chi connectivity index (χ0) is 15.6. The van der Waals surface area contributed by atoms with Crippen LogP contribution in [0.4, 0.5) is 5.69 Å². The number of hydrogen-bond donors (Lipinski definition) is 1. The fourth-order valence-corrected chi connectivity index (χ4v) is 2.11. The van der Waals surface area contributed by atoms with Crippen molar-refractivity contribution in [2.75, 3.05) is 32.7 Å². The van der Waals surface area contributed by atoms with Gasteiger partial charge in [0.1, 0.15) is 17.2 Å². The van der Waals surface area contributed by atoms with Gasteiger partial charge in [-0.25, -0.2) is 0 Å². The van der Waals surface area contributed by atoms with Crippen LogP contribution in [0.3, 0.4) is 0 Å². The summed E-state index contributed by atoms with van der Waals surface area (Å²) in [6, 6.07) is 15.6. The van der Waals surface area contributed by atoms with Gasteiger partial charge in [-0.3, -0.25) is 0 Å². The van der Waals surface area contributed by atoms with E-state index in [2.05, 4.69) is 5.32 Å². The van der Waals surface area contributed by atoms with Crippen molar-refractivity contribution in [3.05, 3.63) is 48.5 Å². The minimum atomic E-state index is 0.723. The van der Waals surface area contributed by atoms with E-state index in [1.165, 1.54) is 0 Å². The first-order valence-electron chi connectivity index (χ1n) is 7.47. The Labute approximate surface area is 132 Å². The Balaban J connectivity index is 1.70. The van der Waals surface area contributed by atoms with Gasteiger partial charge in [-0.2, -0.15) is 0 Å². The molecule has 0 unspecified atom stereocenters. The molecule has 1 N–H and O–H groups in total. The molecule has 0 saturated carbocycles. The van der Waals surface area contributed by atoms with Crippen molar-refractivity contribution in [2.24, 2.45) is 0 Å². The van der Waals surface area contributed by atoms with Gasteiger partial charge in [-0.05, 0) is 37.1 Å². The Morgan fingerprint density at radius 2 is 1.68 bits per heavy atom. The van der Waals surface area contributed by atoms with Crippen LogP contribution in [0.1, 0.15) is 12.8 Å².